The monoisotopic (exact) mass is 288 g/mol. The third-order valence-electron chi connectivity index (χ3n) is 3.15. The highest BCUT2D eigenvalue weighted by molar-refractivity contribution is 5.94. The highest BCUT2D eigenvalue weighted by Gasteiger charge is 2.14. The molecule has 2 aromatic carbocycles. The van der Waals surface area contributed by atoms with Gasteiger partial charge in [0, 0.05) is 5.69 Å². The van der Waals surface area contributed by atoms with E-state index in [-0.39, 0.29) is 17.5 Å². The Labute approximate surface area is 122 Å². The van der Waals surface area contributed by atoms with Crippen molar-refractivity contribution >= 4 is 11.6 Å². The van der Waals surface area contributed by atoms with Gasteiger partial charge in [0.15, 0.2) is 0 Å². The second-order valence-corrected chi connectivity index (χ2v) is 4.93. The van der Waals surface area contributed by atoms with Crippen LogP contribution in [0.1, 0.15) is 11.1 Å². The van der Waals surface area contributed by atoms with Gasteiger partial charge in [-0.1, -0.05) is 12.1 Å². The van der Waals surface area contributed by atoms with Crippen LogP contribution in [-0.2, 0) is 11.2 Å². The summed E-state index contributed by atoms with van der Waals surface area (Å²) in [5.74, 6) is -0.492. The number of anilines is 1. The molecule has 0 aliphatic carbocycles. The number of rotatable bonds is 4. The van der Waals surface area contributed by atoms with Crippen LogP contribution in [0.25, 0.3) is 0 Å². The summed E-state index contributed by atoms with van der Waals surface area (Å²) in [5, 5.41) is 11.9. The molecule has 0 saturated carbocycles. The normalized spacial score (nSPS) is 12.0. The van der Waals surface area contributed by atoms with Crippen molar-refractivity contribution in [2.75, 3.05) is 5.32 Å². The van der Waals surface area contributed by atoms with Crippen molar-refractivity contribution in [2.45, 2.75) is 19.4 Å². The van der Waals surface area contributed by atoms with Crippen LogP contribution in [0.3, 0.4) is 0 Å². The first kappa shape index (κ1) is 15.0. The van der Waals surface area contributed by atoms with Crippen molar-refractivity contribution in [1.82, 2.24) is 0 Å². The van der Waals surface area contributed by atoms with E-state index in [4.69, 9.17) is 5.73 Å². The number of nitrogens with one attached hydrogen (secondary N) is 1. The molecule has 5 heteroatoms. The van der Waals surface area contributed by atoms with Crippen molar-refractivity contribution in [2.24, 2.45) is 5.73 Å². The van der Waals surface area contributed by atoms with Gasteiger partial charge in [-0.25, -0.2) is 4.39 Å². The van der Waals surface area contributed by atoms with Crippen LogP contribution in [0.5, 0.6) is 5.75 Å². The Balaban J connectivity index is 1.98. The Morgan fingerprint density at radius 3 is 2.57 bits per heavy atom. The average molecular weight is 288 g/mol. The molecule has 110 valence electrons. The molecule has 0 heterocycles. The van der Waals surface area contributed by atoms with Gasteiger partial charge in [-0.15, -0.1) is 0 Å². The molecule has 1 atom stereocenters. The van der Waals surface area contributed by atoms with Gasteiger partial charge in [-0.2, -0.15) is 0 Å². The zero-order chi connectivity index (χ0) is 15.4. The minimum Gasteiger partial charge on any atom is -0.508 e. The van der Waals surface area contributed by atoms with Gasteiger partial charge in [0.25, 0.3) is 0 Å². The van der Waals surface area contributed by atoms with E-state index in [2.05, 4.69) is 5.32 Å². The highest BCUT2D eigenvalue weighted by Crippen LogP contribution is 2.15. The number of phenols is 1. The van der Waals surface area contributed by atoms with E-state index in [1.807, 2.05) is 0 Å². The van der Waals surface area contributed by atoms with Crippen molar-refractivity contribution in [3.8, 4) is 5.75 Å². The number of benzene rings is 2. The number of hydrogen-bond acceptors (Lipinski definition) is 3. The maximum absolute atomic E-state index is 13.2. The lowest BCUT2D eigenvalue weighted by Crippen LogP contribution is -2.37. The average Bonchev–Trinajstić information content (AvgIpc) is 2.45. The number of carbonyl (C=O) groups is 1. The van der Waals surface area contributed by atoms with Gasteiger partial charge >= 0.3 is 0 Å². The van der Waals surface area contributed by atoms with Gasteiger partial charge in [-0.3, -0.25) is 4.79 Å². The molecule has 0 saturated heterocycles. The number of aromatic hydroxyl groups is 1. The minimum atomic E-state index is -0.722. The Morgan fingerprint density at radius 2 is 1.95 bits per heavy atom. The molecule has 2 aromatic rings. The highest BCUT2D eigenvalue weighted by atomic mass is 19.1. The third kappa shape index (κ3) is 4.03. The molecule has 0 bridgehead atoms. The molecule has 4 N–H and O–H groups in total. The lowest BCUT2D eigenvalue weighted by atomic mass is 10.1. The van der Waals surface area contributed by atoms with Gasteiger partial charge in [-0.05, 0) is 54.8 Å². The number of halogens is 1. The van der Waals surface area contributed by atoms with Gasteiger partial charge < -0.3 is 16.2 Å². The summed E-state index contributed by atoms with van der Waals surface area (Å²) in [6, 6.07) is 10.1. The van der Waals surface area contributed by atoms with Crippen LogP contribution >= 0.6 is 0 Å². The van der Waals surface area contributed by atoms with Crippen LogP contribution in [-0.4, -0.2) is 17.1 Å². The van der Waals surface area contributed by atoms with Crippen molar-refractivity contribution in [3.63, 3.8) is 0 Å². The fraction of sp³-hybridized carbons (Fsp3) is 0.188. The number of phenolic OH excluding ortho intramolecular Hbond substituents is 1. The fourth-order valence-corrected chi connectivity index (χ4v) is 1.94. The predicted molar refractivity (Wildman–Crippen MR) is 79.6 cm³/mol. The zero-order valence-corrected chi connectivity index (χ0v) is 11.6. The number of amides is 1. The van der Waals surface area contributed by atoms with E-state index >= 15 is 0 Å². The molecule has 0 unspecified atom stereocenters. The molecule has 0 radical (unpaired) electrons. The Bertz CT molecular complexity index is 641. The maximum Gasteiger partial charge on any atom is 0.241 e. The second kappa shape index (κ2) is 6.37. The van der Waals surface area contributed by atoms with Crippen LogP contribution in [0, 0.1) is 12.7 Å². The Kier molecular flexibility index (Phi) is 4.55. The maximum atomic E-state index is 13.2. The van der Waals surface area contributed by atoms with Crippen LogP contribution in [0.4, 0.5) is 10.1 Å². The van der Waals surface area contributed by atoms with Crippen LogP contribution < -0.4 is 11.1 Å². The third-order valence-corrected chi connectivity index (χ3v) is 3.15. The van der Waals surface area contributed by atoms with Gasteiger partial charge in [0.1, 0.15) is 11.6 Å². The molecule has 0 aromatic heterocycles. The zero-order valence-electron chi connectivity index (χ0n) is 11.6. The number of carbonyl (C=O) groups excluding carboxylic acids is 1. The minimum absolute atomic E-state index is 0.165. The van der Waals surface area contributed by atoms with E-state index in [9.17, 15) is 14.3 Å². The predicted octanol–water partition coefficient (Wildman–Crippen LogP) is 2.35. The van der Waals surface area contributed by atoms with Crippen LogP contribution in [0.2, 0.25) is 0 Å². The quantitative estimate of drug-likeness (QED) is 0.808. The Morgan fingerprint density at radius 1 is 1.29 bits per heavy atom. The topological polar surface area (TPSA) is 75.4 Å². The summed E-state index contributed by atoms with van der Waals surface area (Å²) in [6.07, 6.45) is 0.353. The Hall–Kier alpha value is -2.40. The molecule has 0 aliphatic heterocycles. The first-order chi connectivity index (χ1) is 9.95. The van der Waals surface area contributed by atoms with Gasteiger partial charge in [0.05, 0.1) is 6.04 Å². The lowest BCUT2D eigenvalue weighted by Gasteiger charge is -2.13. The summed E-state index contributed by atoms with van der Waals surface area (Å²) in [6.45, 7) is 1.63. The summed E-state index contributed by atoms with van der Waals surface area (Å²) < 4.78 is 13.2. The van der Waals surface area contributed by atoms with E-state index in [1.165, 1.54) is 12.1 Å². The summed E-state index contributed by atoms with van der Waals surface area (Å²) in [7, 11) is 0. The number of nitrogens with two attached hydrogens (primary N) is 1. The number of aryl methyl sites for hydroxylation is 1. The number of hydrogen-bond donors (Lipinski definition) is 3. The van der Waals surface area contributed by atoms with Crippen molar-refractivity contribution < 1.29 is 14.3 Å². The van der Waals surface area contributed by atoms with E-state index < -0.39 is 6.04 Å². The summed E-state index contributed by atoms with van der Waals surface area (Å²) in [4.78, 5) is 12.0. The van der Waals surface area contributed by atoms with Gasteiger partial charge in [0.2, 0.25) is 5.91 Å². The summed E-state index contributed by atoms with van der Waals surface area (Å²) >= 11 is 0. The lowest BCUT2D eigenvalue weighted by molar-refractivity contribution is -0.117. The van der Waals surface area contributed by atoms with E-state index in [1.54, 1.807) is 37.3 Å². The first-order valence-corrected chi connectivity index (χ1v) is 6.56. The van der Waals surface area contributed by atoms with E-state index in [0.29, 0.717) is 17.7 Å². The molecular formula is C16H17FN2O2. The molecule has 0 aliphatic rings. The molecule has 4 nitrogen and oxygen atoms in total. The van der Waals surface area contributed by atoms with Crippen molar-refractivity contribution in [3.05, 3.63) is 59.4 Å². The molecule has 2 rings (SSSR count). The summed E-state index contributed by atoms with van der Waals surface area (Å²) in [5.41, 5.74) is 7.68. The smallest absolute Gasteiger partial charge is 0.241 e. The second-order valence-electron chi connectivity index (χ2n) is 4.93. The molecule has 0 fully saturated rings. The first-order valence-electron chi connectivity index (χ1n) is 6.56. The molecule has 0 spiro atoms. The fourth-order valence-electron chi connectivity index (χ4n) is 1.94. The largest absolute Gasteiger partial charge is 0.508 e. The van der Waals surface area contributed by atoms with Crippen LogP contribution in [0.15, 0.2) is 42.5 Å². The SMILES string of the molecule is Cc1cc(NC(=O)[C@H](N)Cc2ccc(O)cc2)ccc1F. The molecular weight excluding hydrogens is 271 g/mol. The molecule has 21 heavy (non-hydrogen) atoms. The van der Waals surface area contributed by atoms with E-state index in [0.717, 1.165) is 5.56 Å². The standard InChI is InChI=1S/C16H17FN2O2/c1-10-8-12(4-7-14(10)17)19-16(21)15(18)9-11-2-5-13(20)6-3-11/h2-8,15,20H,9,18H2,1H3,(H,19,21)/t15-/m1/s1. The van der Waals surface area contributed by atoms with Crippen molar-refractivity contribution in [1.29, 1.82) is 0 Å². The molecule has 1 amide bonds.